The van der Waals surface area contributed by atoms with E-state index in [1.165, 1.54) is 4.90 Å². The molecule has 2 aliphatic rings. The highest BCUT2D eigenvalue weighted by molar-refractivity contribution is 6.51. The normalized spacial score (nSPS) is 18.4. The maximum Gasteiger partial charge on any atom is 0.302 e. The number of ether oxygens (including phenoxy) is 2. The number of benzene rings is 3. The number of Topliss-reactive ketones (excluding diaryl/α,β-unsaturated/α-hetero) is 1. The van der Waals surface area contributed by atoms with E-state index in [1.54, 1.807) is 49.6 Å². The van der Waals surface area contributed by atoms with Crippen molar-refractivity contribution in [2.24, 2.45) is 0 Å². The number of H-pyrrole nitrogens is 1. The van der Waals surface area contributed by atoms with Gasteiger partial charge in [0.2, 0.25) is 5.95 Å². The van der Waals surface area contributed by atoms with Crippen molar-refractivity contribution in [3.05, 3.63) is 88.0 Å². The van der Waals surface area contributed by atoms with Crippen LogP contribution in [-0.4, -0.2) is 40.5 Å². The zero-order valence-corrected chi connectivity index (χ0v) is 20.7. The highest BCUT2D eigenvalue weighted by atomic mass is 16.5. The Kier molecular flexibility index (Phi) is 5.26. The van der Waals surface area contributed by atoms with E-state index in [0.29, 0.717) is 35.4 Å². The average Bonchev–Trinajstić information content (AvgIpc) is 3.60. The molecule has 0 bridgehead atoms. The van der Waals surface area contributed by atoms with Crippen LogP contribution in [0.2, 0.25) is 0 Å². The number of carbonyl (C=O) groups is 2. The summed E-state index contributed by atoms with van der Waals surface area (Å²) >= 11 is 0. The molecule has 1 aromatic heterocycles. The Balaban J connectivity index is 1.56. The van der Waals surface area contributed by atoms with Crippen LogP contribution in [0.3, 0.4) is 0 Å². The van der Waals surface area contributed by atoms with Crippen LogP contribution in [0.5, 0.6) is 11.5 Å². The second-order valence-corrected chi connectivity index (χ2v) is 9.38. The molecule has 0 saturated carbocycles. The number of nitrogens with zero attached hydrogens (tertiary/aromatic N) is 2. The summed E-state index contributed by atoms with van der Waals surface area (Å²) in [6, 6.07) is 15.4. The van der Waals surface area contributed by atoms with Gasteiger partial charge in [-0.15, -0.1) is 0 Å². The topological polar surface area (TPSA) is 105 Å². The third-order valence-corrected chi connectivity index (χ3v) is 7.13. The number of methoxy groups -OCH3 is 1. The summed E-state index contributed by atoms with van der Waals surface area (Å²) in [5, 5.41) is 11.5. The highest BCUT2D eigenvalue weighted by Gasteiger charge is 2.48. The Morgan fingerprint density at radius 3 is 2.73 bits per heavy atom. The van der Waals surface area contributed by atoms with Crippen LogP contribution in [0.1, 0.15) is 33.9 Å². The molecule has 1 saturated heterocycles. The van der Waals surface area contributed by atoms with Crippen molar-refractivity contribution in [1.29, 1.82) is 0 Å². The largest absolute Gasteiger partial charge is 0.507 e. The first-order valence-corrected chi connectivity index (χ1v) is 12.0. The summed E-state index contributed by atoms with van der Waals surface area (Å²) in [7, 11) is 1.55. The average molecular weight is 496 g/mol. The lowest BCUT2D eigenvalue weighted by atomic mass is 9.94. The van der Waals surface area contributed by atoms with Gasteiger partial charge in [-0.1, -0.05) is 12.1 Å². The van der Waals surface area contributed by atoms with Gasteiger partial charge in [0.15, 0.2) is 0 Å². The smallest absolute Gasteiger partial charge is 0.302 e. The van der Waals surface area contributed by atoms with Crippen LogP contribution >= 0.6 is 0 Å². The zero-order chi connectivity index (χ0) is 25.8. The van der Waals surface area contributed by atoms with E-state index in [0.717, 1.165) is 28.0 Å². The molecule has 0 radical (unpaired) electrons. The molecule has 8 nitrogen and oxygen atoms in total. The number of fused-ring (bicyclic) bond motifs is 2. The number of nitrogens with one attached hydrogen (secondary N) is 1. The van der Waals surface area contributed by atoms with E-state index < -0.39 is 17.7 Å². The molecule has 37 heavy (non-hydrogen) atoms. The summed E-state index contributed by atoms with van der Waals surface area (Å²) in [4.78, 5) is 36.2. The summed E-state index contributed by atoms with van der Waals surface area (Å²) in [6.45, 7) is 4.56. The number of aromatic amines is 1. The van der Waals surface area contributed by atoms with Crippen LogP contribution in [0.25, 0.3) is 16.8 Å². The fraction of sp³-hybridized carbons (Fsp3) is 0.207. The molecule has 3 aromatic carbocycles. The first kappa shape index (κ1) is 22.8. The van der Waals surface area contributed by atoms with E-state index in [2.05, 4.69) is 9.97 Å². The third kappa shape index (κ3) is 3.64. The second-order valence-electron chi connectivity index (χ2n) is 9.38. The monoisotopic (exact) mass is 495 g/mol. The number of rotatable bonds is 4. The predicted molar refractivity (Wildman–Crippen MR) is 139 cm³/mol. The Labute approximate surface area is 213 Å². The lowest BCUT2D eigenvalue weighted by molar-refractivity contribution is -0.132. The number of ketones is 1. The molecule has 6 rings (SSSR count). The zero-order valence-electron chi connectivity index (χ0n) is 20.7. The molecule has 4 aromatic rings. The molecule has 1 atom stereocenters. The van der Waals surface area contributed by atoms with Gasteiger partial charge in [0, 0.05) is 12.0 Å². The summed E-state index contributed by atoms with van der Waals surface area (Å²) in [5.74, 6) is -0.244. The SMILES string of the molecule is COc1cccc(C2/C(=C(\O)c3ccc4c(c3)CCO4)C(=O)C(=O)N2c2nc3cc(C)c(C)cc3[nH]2)c1. The predicted octanol–water partition coefficient (Wildman–Crippen LogP) is 4.75. The van der Waals surface area contributed by atoms with Crippen LogP contribution in [0.4, 0.5) is 5.95 Å². The molecular weight excluding hydrogens is 470 g/mol. The Morgan fingerprint density at radius 2 is 1.92 bits per heavy atom. The maximum atomic E-state index is 13.5. The summed E-state index contributed by atoms with van der Waals surface area (Å²) < 4.78 is 11.0. The molecule has 2 aliphatic heterocycles. The van der Waals surface area contributed by atoms with Gasteiger partial charge < -0.3 is 19.6 Å². The number of anilines is 1. The molecule has 1 fully saturated rings. The molecule has 8 heteroatoms. The highest BCUT2D eigenvalue weighted by Crippen LogP contribution is 2.43. The number of imidazole rings is 1. The molecular formula is C29H25N3O5. The van der Waals surface area contributed by atoms with Gasteiger partial charge in [0.1, 0.15) is 17.3 Å². The van der Waals surface area contributed by atoms with Crippen molar-refractivity contribution >= 4 is 34.4 Å². The lowest BCUT2D eigenvalue weighted by Crippen LogP contribution is -2.30. The van der Waals surface area contributed by atoms with Crippen molar-refractivity contribution < 1.29 is 24.2 Å². The molecule has 2 N–H and O–H groups in total. The third-order valence-electron chi connectivity index (χ3n) is 7.13. The van der Waals surface area contributed by atoms with E-state index >= 15 is 0 Å². The number of aliphatic hydroxyl groups is 1. The fourth-order valence-electron chi connectivity index (χ4n) is 5.04. The Hall–Kier alpha value is -4.59. The first-order chi connectivity index (χ1) is 17.9. The van der Waals surface area contributed by atoms with Crippen molar-refractivity contribution in [2.75, 3.05) is 18.6 Å². The molecule has 0 spiro atoms. The number of amides is 1. The molecule has 1 unspecified atom stereocenters. The Bertz CT molecular complexity index is 1600. The molecule has 186 valence electrons. The molecule has 0 aliphatic carbocycles. The van der Waals surface area contributed by atoms with E-state index in [4.69, 9.17) is 9.47 Å². The van der Waals surface area contributed by atoms with Gasteiger partial charge in [0.05, 0.1) is 36.4 Å². The van der Waals surface area contributed by atoms with Gasteiger partial charge in [0.25, 0.3) is 5.78 Å². The quantitative estimate of drug-likeness (QED) is 0.241. The van der Waals surface area contributed by atoms with Gasteiger partial charge in [-0.3, -0.25) is 14.5 Å². The number of aromatic nitrogens is 2. The fourth-order valence-corrected chi connectivity index (χ4v) is 5.04. The van der Waals surface area contributed by atoms with E-state index in [1.807, 2.05) is 26.0 Å². The van der Waals surface area contributed by atoms with Crippen molar-refractivity contribution in [2.45, 2.75) is 26.3 Å². The lowest BCUT2D eigenvalue weighted by Gasteiger charge is -2.23. The standard InChI is InChI=1S/C29H25N3O5/c1-15-11-21-22(12-16(15)2)31-29(30-21)32-25(18-5-4-6-20(14-18)36-3)24(27(34)28(32)35)26(33)19-7-8-23-17(13-19)9-10-37-23/h4-8,11-14,25,33H,9-10H2,1-3H3,(H,30,31)/b26-24+. The van der Waals surface area contributed by atoms with Crippen LogP contribution in [0.15, 0.2) is 60.2 Å². The van der Waals surface area contributed by atoms with Gasteiger partial charge in [-0.2, -0.15) is 0 Å². The van der Waals surface area contributed by atoms with Gasteiger partial charge in [-0.05, 0) is 78.6 Å². The minimum atomic E-state index is -0.914. The summed E-state index contributed by atoms with van der Waals surface area (Å²) in [6.07, 6.45) is 0.710. The van der Waals surface area contributed by atoms with Crippen LogP contribution in [-0.2, 0) is 16.0 Å². The first-order valence-electron chi connectivity index (χ1n) is 12.0. The Morgan fingerprint density at radius 1 is 1.11 bits per heavy atom. The van der Waals surface area contributed by atoms with Crippen LogP contribution < -0.4 is 14.4 Å². The minimum absolute atomic E-state index is 0.00932. The number of hydrogen-bond donors (Lipinski definition) is 2. The van der Waals surface area contributed by atoms with E-state index in [-0.39, 0.29) is 17.3 Å². The van der Waals surface area contributed by atoms with Crippen molar-refractivity contribution in [1.82, 2.24) is 9.97 Å². The summed E-state index contributed by atoms with van der Waals surface area (Å²) in [5.41, 5.74) is 5.57. The number of aliphatic hydroxyl groups excluding tert-OH is 1. The number of hydrogen-bond acceptors (Lipinski definition) is 6. The van der Waals surface area contributed by atoms with Crippen molar-refractivity contribution in [3.63, 3.8) is 0 Å². The molecule has 1 amide bonds. The molecule has 3 heterocycles. The number of carbonyl (C=O) groups excluding carboxylic acids is 2. The van der Waals surface area contributed by atoms with Crippen LogP contribution in [0, 0.1) is 13.8 Å². The maximum absolute atomic E-state index is 13.5. The van der Waals surface area contributed by atoms with Gasteiger partial charge in [-0.25, -0.2) is 4.98 Å². The minimum Gasteiger partial charge on any atom is -0.507 e. The second kappa shape index (κ2) is 8.51. The van der Waals surface area contributed by atoms with E-state index in [9.17, 15) is 14.7 Å². The number of aryl methyl sites for hydroxylation is 2. The van der Waals surface area contributed by atoms with Crippen molar-refractivity contribution in [3.8, 4) is 11.5 Å². The van der Waals surface area contributed by atoms with Gasteiger partial charge >= 0.3 is 5.91 Å².